The van der Waals surface area contributed by atoms with Gasteiger partial charge >= 0.3 is 0 Å². The van der Waals surface area contributed by atoms with Crippen molar-refractivity contribution in [3.05, 3.63) is 58.1 Å². The van der Waals surface area contributed by atoms with Crippen molar-refractivity contribution in [1.82, 2.24) is 0 Å². The van der Waals surface area contributed by atoms with Gasteiger partial charge in [-0.3, -0.25) is 0 Å². The van der Waals surface area contributed by atoms with Crippen LogP contribution in [0.1, 0.15) is 23.1 Å². The Labute approximate surface area is 122 Å². The third kappa shape index (κ3) is 2.63. The highest BCUT2D eigenvalue weighted by Crippen LogP contribution is 2.35. The third-order valence-electron chi connectivity index (χ3n) is 3.36. The lowest BCUT2D eigenvalue weighted by atomic mass is 10.1. The molecule has 0 aromatic heterocycles. The van der Waals surface area contributed by atoms with Gasteiger partial charge in [0, 0.05) is 9.79 Å². The maximum absolute atomic E-state index is 8.83. The van der Waals surface area contributed by atoms with E-state index >= 15 is 0 Å². The summed E-state index contributed by atoms with van der Waals surface area (Å²) in [5.74, 6) is 0. The van der Waals surface area contributed by atoms with Crippen LogP contribution < -0.4 is 0 Å². The minimum absolute atomic E-state index is 0.600. The average molecular weight is 286 g/mol. The highest BCUT2D eigenvalue weighted by molar-refractivity contribution is 7.99. The quantitative estimate of drug-likeness (QED) is 0.787. The van der Waals surface area contributed by atoms with Gasteiger partial charge in [0.05, 0.1) is 16.7 Å². The summed E-state index contributed by atoms with van der Waals surface area (Å²) in [6.45, 7) is 0. The molecule has 1 aliphatic carbocycles. The molecule has 0 aliphatic heterocycles. The maximum Gasteiger partial charge on any atom is 0.0992 e. The molecule has 3 heteroatoms. The van der Waals surface area contributed by atoms with Gasteiger partial charge in [0.2, 0.25) is 0 Å². The Kier molecular flexibility index (Phi) is 3.50. The van der Waals surface area contributed by atoms with Gasteiger partial charge in [0.15, 0.2) is 0 Å². The molecule has 2 aromatic carbocycles. The van der Waals surface area contributed by atoms with Crippen LogP contribution in [0.25, 0.3) is 0 Å². The predicted molar refractivity (Wildman–Crippen MR) is 78.8 cm³/mol. The van der Waals surface area contributed by atoms with Crippen molar-refractivity contribution >= 4 is 23.4 Å². The Morgan fingerprint density at radius 2 is 1.89 bits per heavy atom. The van der Waals surface area contributed by atoms with Gasteiger partial charge in [-0.1, -0.05) is 29.4 Å². The SMILES string of the molecule is N#Cc1ccc(Sc2ccc3c(c2)CCC3)c(Cl)c1. The molecule has 0 fully saturated rings. The number of rotatable bonds is 2. The monoisotopic (exact) mass is 285 g/mol. The van der Waals surface area contributed by atoms with Crippen molar-refractivity contribution in [2.24, 2.45) is 0 Å². The van der Waals surface area contributed by atoms with Crippen LogP contribution in [0.15, 0.2) is 46.2 Å². The molecule has 3 rings (SSSR count). The molecule has 0 bridgehead atoms. The van der Waals surface area contributed by atoms with Crippen molar-refractivity contribution < 1.29 is 0 Å². The Balaban J connectivity index is 1.87. The minimum atomic E-state index is 0.600. The average Bonchev–Trinajstić information content (AvgIpc) is 2.88. The van der Waals surface area contributed by atoms with E-state index < -0.39 is 0 Å². The van der Waals surface area contributed by atoms with E-state index in [0.717, 1.165) is 4.90 Å². The van der Waals surface area contributed by atoms with E-state index in [1.54, 1.807) is 17.8 Å². The van der Waals surface area contributed by atoms with Crippen LogP contribution in [0.5, 0.6) is 0 Å². The Morgan fingerprint density at radius 1 is 1.05 bits per heavy atom. The molecule has 0 saturated heterocycles. The first-order valence-electron chi connectivity index (χ1n) is 6.25. The summed E-state index contributed by atoms with van der Waals surface area (Å²) >= 11 is 7.86. The van der Waals surface area contributed by atoms with Crippen LogP contribution in [0.4, 0.5) is 0 Å². The summed E-state index contributed by atoms with van der Waals surface area (Å²) in [7, 11) is 0. The molecule has 0 amide bonds. The molecule has 19 heavy (non-hydrogen) atoms. The number of fused-ring (bicyclic) bond motifs is 1. The van der Waals surface area contributed by atoms with Crippen molar-refractivity contribution in [3.63, 3.8) is 0 Å². The fourth-order valence-electron chi connectivity index (χ4n) is 2.39. The zero-order chi connectivity index (χ0) is 13.2. The second-order valence-electron chi connectivity index (χ2n) is 4.64. The van der Waals surface area contributed by atoms with E-state index in [0.29, 0.717) is 10.6 Å². The number of aryl methyl sites for hydroxylation is 2. The van der Waals surface area contributed by atoms with Crippen LogP contribution >= 0.6 is 23.4 Å². The van der Waals surface area contributed by atoms with E-state index in [1.165, 1.54) is 35.3 Å². The zero-order valence-electron chi connectivity index (χ0n) is 10.3. The topological polar surface area (TPSA) is 23.8 Å². The van der Waals surface area contributed by atoms with E-state index in [4.69, 9.17) is 16.9 Å². The van der Waals surface area contributed by atoms with Crippen LogP contribution in [0.3, 0.4) is 0 Å². The number of halogens is 1. The smallest absolute Gasteiger partial charge is 0.0992 e. The highest BCUT2D eigenvalue weighted by atomic mass is 35.5. The number of benzene rings is 2. The van der Waals surface area contributed by atoms with Gasteiger partial charge in [-0.2, -0.15) is 5.26 Å². The number of hydrogen-bond donors (Lipinski definition) is 0. The molecule has 1 aliphatic rings. The second-order valence-corrected chi connectivity index (χ2v) is 6.17. The molecule has 0 heterocycles. The highest BCUT2D eigenvalue weighted by Gasteiger charge is 2.12. The van der Waals surface area contributed by atoms with Crippen LogP contribution in [0, 0.1) is 11.3 Å². The molecular formula is C16H12ClNS. The van der Waals surface area contributed by atoms with Crippen LogP contribution in [-0.2, 0) is 12.8 Å². The first-order valence-corrected chi connectivity index (χ1v) is 7.45. The van der Waals surface area contributed by atoms with E-state index in [2.05, 4.69) is 24.3 Å². The van der Waals surface area contributed by atoms with Gasteiger partial charge in [-0.25, -0.2) is 0 Å². The molecule has 94 valence electrons. The van der Waals surface area contributed by atoms with Gasteiger partial charge in [-0.05, 0) is 60.7 Å². The maximum atomic E-state index is 8.83. The standard InChI is InChI=1S/C16H12ClNS/c17-15-8-11(10-18)4-7-16(15)19-14-6-5-12-2-1-3-13(12)9-14/h4-9H,1-3H2. The lowest BCUT2D eigenvalue weighted by Crippen LogP contribution is -1.83. The molecule has 0 spiro atoms. The van der Waals surface area contributed by atoms with Gasteiger partial charge in [-0.15, -0.1) is 0 Å². The summed E-state index contributed by atoms with van der Waals surface area (Å²) in [4.78, 5) is 2.21. The number of nitrogens with zero attached hydrogens (tertiary/aromatic N) is 1. The largest absolute Gasteiger partial charge is 0.192 e. The zero-order valence-corrected chi connectivity index (χ0v) is 11.9. The predicted octanol–water partition coefficient (Wildman–Crippen LogP) is 4.85. The number of nitriles is 1. The molecular weight excluding hydrogens is 274 g/mol. The fraction of sp³-hybridized carbons (Fsp3) is 0.188. The van der Waals surface area contributed by atoms with E-state index in [9.17, 15) is 0 Å². The van der Waals surface area contributed by atoms with Crippen molar-refractivity contribution in [2.45, 2.75) is 29.1 Å². The van der Waals surface area contributed by atoms with Crippen molar-refractivity contribution in [3.8, 4) is 6.07 Å². The first-order chi connectivity index (χ1) is 9.26. The summed E-state index contributed by atoms with van der Waals surface area (Å²) < 4.78 is 0. The molecule has 0 unspecified atom stereocenters. The van der Waals surface area contributed by atoms with E-state index in [1.807, 2.05) is 12.1 Å². The third-order valence-corrected chi connectivity index (χ3v) is 4.85. The Morgan fingerprint density at radius 3 is 2.68 bits per heavy atom. The lowest BCUT2D eigenvalue weighted by Gasteiger charge is -2.06. The summed E-state index contributed by atoms with van der Waals surface area (Å²) in [6.07, 6.45) is 3.66. The fourth-order valence-corrected chi connectivity index (χ4v) is 3.57. The van der Waals surface area contributed by atoms with Gasteiger partial charge in [0.1, 0.15) is 0 Å². The summed E-state index contributed by atoms with van der Waals surface area (Å²) in [5.41, 5.74) is 3.55. The summed E-state index contributed by atoms with van der Waals surface area (Å²) in [5, 5.41) is 9.48. The Bertz CT molecular complexity index is 673. The van der Waals surface area contributed by atoms with Crippen LogP contribution in [0.2, 0.25) is 5.02 Å². The number of hydrogen-bond acceptors (Lipinski definition) is 2. The lowest BCUT2D eigenvalue weighted by molar-refractivity contribution is 0.911. The van der Waals surface area contributed by atoms with Crippen molar-refractivity contribution in [1.29, 1.82) is 5.26 Å². The molecule has 0 radical (unpaired) electrons. The summed E-state index contributed by atoms with van der Waals surface area (Å²) in [6, 6.07) is 14.2. The normalized spacial score (nSPS) is 13.1. The second kappa shape index (κ2) is 5.28. The molecule has 1 nitrogen and oxygen atoms in total. The van der Waals surface area contributed by atoms with Crippen LogP contribution in [-0.4, -0.2) is 0 Å². The first kappa shape index (κ1) is 12.6. The van der Waals surface area contributed by atoms with E-state index in [-0.39, 0.29) is 0 Å². The molecule has 0 N–H and O–H groups in total. The van der Waals surface area contributed by atoms with Gasteiger partial charge < -0.3 is 0 Å². The van der Waals surface area contributed by atoms with Gasteiger partial charge in [0.25, 0.3) is 0 Å². The Hall–Kier alpha value is -1.43. The molecule has 2 aromatic rings. The molecule has 0 atom stereocenters. The minimum Gasteiger partial charge on any atom is -0.192 e. The van der Waals surface area contributed by atoms with Crippen molar-refractivity contribution in [2.75, 3.05) is 0 Å². The molecule has 0 saturated carbocycles.